The summed E-state index contributed by atoms with van der Waals surface area (Å²) in [4.78, 5) is 12.2. The van der Waals surface area contributed by atoms with Crippen LogP contribution < -0.4 is 11.1 Å². The van der Waals surface area contributed by atoms with E-state index in [1.807, 2.05) is 39.0 Å². The van der Waals surface area contributed by atoms with Crippen molar-refractivity contribution in [3.05, 3.63) is 34.9 Å². The molecule has 18 heavy (non-hydrogen) atoms. The van der Waals surface area contributed by atoms with E-state index in [1.165, 1.54) is 0 Å². The molecule has 0 fully saturated rings. The first-order valence-corrected chi connectivity index (χ1v) is 6.03. The van der Waals surface area contributed by atoms with Gasteiger partial charge in [-0.3, -0.25) is 4.79 Å². The molecule has 0 saturated heterocycles. The number of carbonyl (C=O) groups excluding carboxylic acids is 1. The number of hydrogen-bond donors (Lipinski definition) is 2. The second-order valence-electron chi connectivity index (χ2n) is 4.72. The fraction of sp³-hybridized carbons (Fsp3) is 0.462. The highest BCUT2D eigenvalue weighted by Crippen LogP contribution is 2.29. The lowest BCUT2D eigenvalue weighted by atomic mass is 9.83. The fourth-order valence-electron chi connectivity index (χ4n) is 1.55. The zero-order valence-corrected chi connectivity index (χ0v) is 12.4. The summed E-state index contributed by atoms with van der Waals surface area (Å²) in [5.41, 5.74) is 5.65. The van der Waals surface area contributed by atoms with E-state index in [1.54, 1.807) is 6.07 Å². The number of nitrogens with one attached hydrogen (secondary N) is 1. The molecule has 0 aliphatic carbocycles. The third kappa shape index (κ3) is 3.87. The van der Waals surface area contributed by atoms with Crippen molar-refractivity contribution in [1.29, 1.82) is 0 Å². The Balaban J connectivity index is 0.00000289. The van der Waals surface area contributed by atoms with Gasteiger partial charge in [0, 0.05) is 17.6 Å². The van der Waals surface area contributed by atoms with Crippen molar-refractivity contribution in [3.8, 4) is 0 Å². The van der Waals surface area contributed by atoms with E-state index in [4.69, 9.17) is 17.3 Å². The van der Waals surface area contributed by atoms with Gasteiger partial charge in [0.05, 0.1) is 5.41 Å². The molecule has 0 aliphatic heterocycles. The smallest absolute Gasteiger partial charge is 0.230 e. The molecule has 0 aliphatic rings. The predicted molar refractivity (Wildman–Crippen MR) is 78.4 cm³/mol. The highest BCUT2D eigenvalue weighted by Gasteiger charge is 2.31. The number of halogens is 2. The number of hydrogen-bond acceptors (Lipinski definition) is 2. The topological polar surface area (TPSA) is 55.1 Å². The summed E-state index contributed by atoms with van der Waals surface area (Å²) in [7, 11) is 0. The summed E-state index contributed by atoms with van der Waals surface area (Å²) in [6.07, 6.45) is 0. The van der Waals surface area contributed by atoms with Crippen LogP contribution in [0.5, 0.6) is 0 Å². The molecule has 0 spiro atoms. The van der Waals surface area contributed by atoms with Crippen LogP contribution in [0, 0.1) is 0 Å². The van der Waals surface area contributed by atoms with Gasteiger partial charge in [-0.05, 0) is 32.4 Å². The third-order valence-corrected chi connectivity index (χ3v) is 3.18. The number of rotatable bonds is 4. The maximum atomic E-state index is 12.2. The van der Waals surface area contributed by atoms with Crippen LogP contribution in [0.2, 0.25) is 5.02 Å². The normalized spacial score (nSPS) is 12.5. The van der Waals surface area contributed by atoms with Crippen LogP contribution in [0.1, 0.15) is 26.3 Å². The van der Waals surface area contributed by atoms with E-state index in [0.717, 1.165) is 5.56 Å². The maximum Gasteiger partial charge on any atom is 0.230 e. The lowest BCUT2D eigenvalue weighted by molar-refractivity contribution is -0.126. The van der Waals surface area contributed by atoms with Crippen LogP contribution in [-0.2, 0) is 10.2 Å². The molecular weight excluding hydrogens is 271 g/mol. The summed E-state index contributed by atoms with van der Waals surface area (Å²) in [5.74, 6) is -0.0662. The van der Waals surface area contributed by atoms with Crippen molar-refractivity contribution < 1.29 is 4.79 Å². The number of benzene rings is 1. The Morgan fingerprint density at radius 3 is 2.50 bits per heavy atom. The Morgan fingerprint density at radius 1 is 1.44 bits per heavy atom. The van der Waals surface area contributed by atoms with Gasteiger partial charge in [0.1, 0.15) is 0 Å². The van der Waals surface area contributed by atoms with Crippen LogP contribution in [0.3, 0.4) is 0 Å². The molecule has 0 unspecified atom stereocenters. The first-order valence-electron chi connectivity index (χ1n) is 5.65. The summed E-state index contributed by atoms with van der Waals surface area (Å²) < 4.78 is 0. The van der Waals surface area contributed by atoms with E-state index < -0.39 is 5.41 Å². The van der Waals surface area contributed by atoms with Crippen LogP contribution in [-0.4, -0.2) is 18.5 Å². The minimum absolute atomic E-state index is 0. The average molecular weight is 291 g/mol. The van der Waals surface area contributed by atoms with Crippen LogP contribution in [0.15, 0.2) is 24.3 Å². The summed E-state index contributed by atoms with van der Waals surface area (Å²) in [5, 5.41) is 3.48. The van der Waals surface area contributed by atoms with Gasteiger partial charge in [-0.25, -0.2) is 0 Å². The lowest BCUT2D eigenvalue weighted by Crippen LogP contribution is -2.46. The van der Waals surface area contributed by atoms with Crippen molar-refractivity contribution in [2.24, 2.45) is 5.73 Å². The molecule has 1 atom stereocenters. The second-order valence-corrected chi connectivity index (χ2v) is 5.12. The largest absolute Gasteiger partial charge is 0.352 e. The Labute approximate surface area is 119 Å². The van der Waals surface area contributed by atoms with Crippen molar-refractivity contribution in [3.63, 3.8) is 0 Å². The molecule has 5 heteroatoms. The third-order valence-electron chi connectivity index (χ3n) is 2.85. The Bertz CT molecular complexity index is 408. The van der Waals surface area contributed by atoms with E-state index in [9.17, 15) is 4.79 Å². The number of nitrogens with two attached hydrogens (primary N) is 1. The van der Waals surface area contributed by atoms with Crippen LogP contribution in [0.4, 0.5) is 0 Å². The molecule has 3 nitrogen and oxygen atoms in total. The maximum absolute atomic E-state index is 12.2. The molecular formula is C13H20Cl2N2O. The molecule has 1 aromatic rings. The van der Waals surface area contributed by atoms with E-state index in [2.05, 4.69) is 5.32 Å². The van der Waals surface area contributed by atoms with Gasteiger partial charge >= 0.3 is 0 Å². The second kappa shape index (κ2) is 6.98. The summed E-state index contributed by atoms with van der Waals surface area (Å²) >= 11 is 6.12. The molecule has 1 aromatic carbocycles. The molecule has 1 rings (SSSR count). The molecule has 0 bridgehead atoms. The predicted octanol–water partition coefficient (Wildman–Crippen LogP) is 2.50. The molecule has 3 N–H and O–H groups in total. The minimum Gasteiger partial charge on any atom is -0.352 e. The highest BCUT2D eigenvalue weighted by molar-refractivity contribution is 6.31. The standard InChI is InChI=1S/C13H19ClN2O.ClH/c1-9(8-15)16-12(17)13(2,3)10-6-4-5-7-11(10)14;/h4-7,9H,8,15H2,1-3H3,(H,16,17);1H/t9-;/m0./s1. The first-order chi connectivity index (χ1) is 7.89. The van der Waals surface area contributed by atoms with Crippen LogP contribution >= 0.6 is 24.0 Å². The SMILES string of the molecule is C[C@@H](CN)NC(=O)C(C)(C)c1ccccc1Cl.Cl. The van der Waals surface area contributed by atoms with Gasteiger partial charge in [-0.1, -0.05) is 29.8 Å². The van der Waals surface area contributed by atoms with Gasteiger partial charge in [0.25, 0.3) is 0 Å². The monoisotopic (exact) mass is 290 g/mol. The molecule has 0 radical (unpaired) electrons. The zero-order valence-electron chi connectivity index (χ0n) is 10.9. The highest BCUT2D eigenvalue weighted by atomic mass is 35.5. The molecule has 1 amide bonds. The van der Waals surface area contributed by atoms with Gasteiger partial charge in [-0.15, -0.1) is 12.4 Å². The quantitative estimate of drug-likeness (QED) is 0.895. The number of amides is 1. The average Bonchev–Trinajstić information content (AvgIpc) is 2.29. The Morgan fingerprint density at radius 2 is 2.00 bits per heavy atom. The van der Waals surface area contributed by atoms with Crippen LogP contribution in [0.25, 0.3) is 0 Å². The molecule has 0 aromatic heterocycles. The van der Waals surface area contributed by atoms with Gasteiger partial charge in [-0.2, -0.15) is 0 Å². The Hall–Kier alpha value is -0.770. The molecule has 0 heterocycles. The molecule has 102 valence electrons. The fourth-order valence-corrected chi connectivity index (χ4v) is 1.93. The van der Waals surface area contributed by atoms with Gasteiger partial charge in [0.2, 0.25) is 5.91 Å². The van der Waals surface area contributed by atoms with Gasteiger partial charge < -0.3 is 11.1 Å². The Kier molecular flexibility index (Phi) is 6.68. The van der Waals surface area contributed by atoms with E-state index in [0.29, 0.717) is 11.6 Å². The summed E-state index contributed by atoms with van der Waals surface area (Å²) in [6.45, 7) is 6.00. The van der Waals surface area contributed by atoms with Gasteiger partial charge in [0.15, 0.2) is 0 Å². The number of carbonyl (C=O) groups is 1. The lowest BCUT2D eigenvalue weighted by Gasteiger charge is -2.27. The minimum atomic E-state index is -0.665. The van der Waals surface area contributed by atoms with Crippen molar-refractivity contribution in [1.82, 2.24) is 5.32 Å². The zero-order chi connectivity index (χ0) is 13.1. The van der Waals surface area contributed by atoms with Crippen molar-refractivity contribution in [2.45, 2.75) is 32.2 Å². The van der Waals surface area contributed by atoms with Crippen molar-refractivity contribution >= 4 is 29.9 Å². The van der Waals surface area contributed by atoms with Crippen molar-refractivity contribution in [2.75, 3.05) is 6.54 Å². The van der Waals surface area contributed by atoms with E-state index >= 15 is 0 Å². The first kappa shape index (κ1) is 17.2. The molecule has 0 saturated carbocycles. The summed E-state index contributed by atoms with van der Waals surface area (Å²) in [6, 6.07) is 7.35. The van der Waals surface area contributed by atoms with E-state index in [-0.39, 0.29) is 24.4 Å².